The summed E-state index contributed by atoms with van der Waals surface area (Å²) in [6.07, 6.45) is 2.53. The predicted molar refractivity (Wildman–Crippen MR) is 134 cm³/mol. The van der Waals surface area contributed by atoms with Crippen molar-refractivity contribution in [2.24, 2.45) is 0 Å². The quantitative estimate of drug-likeness (QED) is 0.336. The molecule has 0 spiro atoms. The molecule has 176 valence electrons. The molecular formula is C26H20ClN3O4S. The van der Waals surface area contributed by atoms with Gasteiger partial charge in [0.25, 0.3) is 5.56 Å². The monoisotopic (exact) mass is 505 g/mol. The van der Waals surface area contributed by atoms with Gasteiger partial charge in [-0.05, 0) is 79.9 Å². The predicted octanol–water partition coefficient (Wildman–Crippen LogP) is 5.40. The van der Waals surface area contributed by atoms with Crippen LogP contribution in [-0.2, 0) is 9.84 Å². The second-order valence-corrected chi connectivity index (χ2v) is 10.3. The number of nitriles is 1. The number of hydrogen-bond acceptors (Lipinski definition) is 6. The zero-order valence-corrected chi connectivity index (χ0v) is 20.7. The summed E-state index contributed by atoms with van der Waals surface area (Å²) in [5.41, 5.74) is 2.15. The summed E-state index contributed by atoms with van der Waals surface area (Å²) >= 11 is 5.87. The molecule has 0 radical (unpaired) electrons. The van der Waals surface area contributed by atoms with Crippen LogP contribution in [0.1, 0.15) is 22.3 Å². The first-order valence-corrected chi connectivity index (χ1v) is 12.4. The van der Waals surface area contributed by atoms with Crippen molar-refractivity contribution in [3.8, 4) is 17.7 Å². The number of hydrogen-bond donors (Lipinski definition) is 0. The molecule has 0 saturated carbocycles. The topological polar surface area (TPSA) is 102 Å². The maximum atomic E-state index is 13.5. The molecule has 4 aromatic rings. The van der Waals surface area contributed by atoms with E-state index in [-0.39, 0.29) is 16.3 Å². The van der Waals surface area contributed by atoms with E-state index < -0.39 is 20.3 Å². The highest BCUT2D eigenvalue weighted by Gasteiger charge is 2.24. The number of sulfone groups is 1. The second kappa shape index (κ2) is 9.37. The lowest BCUT2D eigenvalue weighted by Crippen LogP contribution is -2.20. The van der Waals surface area contributed by atoms with Crippen molar-refractivity contribution < 1.29 is 13.2 Å². The van der Waals surface area contributed by atoms with Crippen LogP contribution in [0, 0.1) is 32.1 Å². The van der Waals surface area contributed by atoms with Crippen LogP contribution in [0.25, 0.3) is 11.7 Å². The van der Waals surface area contributed by atoms with E-state index in [1.165, 1.54) is 34.9 Å². The summed E-state index contributed by atoms with van der Waals surface area (Å²) in [7, 11) is -4.24. The average Bonchev–Trinajstić information content (AvgIpc) is 2.82. The number of rotatable bonds is 5. The molecule has 0 atom stereocenters. The molecule has 0 unspecified atom stereocenters. The van der Waals surface area contributed by atoms with Gasteiger partial charge in [-0.1, -0.05) is 29.8 Å². The third kappa shape index (κ3) is 4.56. The van der Waals surface area contributed by atoms with Gasteiger partial charge < -0.3 is 4.74 Å². The molecule has 0 N–H and O–H groups in total. The molecule has 9 heteroatoms. The van der Waals surface area contributed by atoms with Crippen LogP contribution >= 0.6 is 11.6 Å². The highest BCUT2D eigenvalue weighted by Crippen LogP contribution is 2.30. The Morgan fingerprint density at radius 2 is 1.74 bits per heavy atom. The van der Waals surface area contributed by atoms with Crippen LogP contribution in [-0.4, -0.2) is 17.8 Å². The van der Waals surface area contributed by atoms with Gasteiger partial charge in [-0.25, -0.2) is 8.42 Å². The smallest absolute Gasteiger partial charge is 0.269 e. The third-order valence-electron chi connectivity index (χ3n) is 5.61. The van der Waals surface area contributed by atoms with Crippen LogP contribution in [0.2, 0.25) is 5.02 Å². The van der Waals surface area contributed by atoms with E-state index in [1.54, 1.807) is 37.3 Å². The Morgan fingerprint density at radius 1 is 1.06 bits per heavy atom. The highest BCUT2D eigenvalue weighted by molar-refractivity contribution is 7.95. The van der Waals surface area contributed by atoms with Crippen molar-refractivity contribution in [1.82, 2.24) is 9.38 Å². The standard InChI is InChI=1S/C26H20ClN3O4S/c1-16-6-4-8-23(18(16)3)34-25-22(26(31)30-13-5-7-17(2)24(30)29-25)14-21(15-28)35(32,33)20-11-9-19(27)10-12-20/h4-14H,1-3H3. The Kier molecular flexibility index (Phi) is 6.48. The van der Waals surface area contributed by atoms with E-state index in [9.17, 15) is 18.5 Å². The van der Waals surface area contributed by atoms with E-state index in [4.69, 9.17) is 16.3 Å². The number of halogens is 1. The van der Waals surface area contributed by atoms with E-state index in [0.29, 0.717) is 16.4 Å². The van der Waals surface area contributed by atoms with Crippen molar-refractivity contribution in [2.45, 2.75) is 25.7 Å². The molecule has 0 aliphatic rings. The Labute approximate surface area is 207 Å². The lowest BCUT2D eigenvalue weighted by molar-refractivity contribution is 0.457. The van der Waals surface area contributed by atoms with Crippen LogP contribution in [0.3, 0.4) is 0 Å². The molecule has 2 heterocycles. The summed E-state index contributed by atoms with van der Waals surface area (Å²) in [6, 6.07) is 16.1. The largest absolute Gasteiger partial charge is 0.438 e. The van der Waals surface area contributed by atoms with Crippen molar-refractivity contribution in [3.05, 3.63) is 103 Å². The molecule has 4 rings (SSSR count). The number of allylic oxidation sites excluding steroid dienone is 1. The average molecular weight is 506 g/mol. The zero-order valence-electron chi connectivity index (χ0n) is 19.1. The highest BCUT2D eigenvalue weighted by atomic mass is 35.5. The number of pyridine rings is 1. The van der Waals surface area contributed by atoms with Crippen LogP contribution in [0.15, 0.2) is 75.4 Å². The van der Waals surface area contributed by atoms with Gasteiger partial charge in [0, 0.05) is 11.2 Å². The molecule has 0 saturated heterocycles. The van der Waals surface area contributed by atoms with E-state index in [1.807, 2.05) is 19.9 Å². The van der Waals surface area contributed by atoms with Gasteiger partial charge in [0.05, 0.1) is 4.90 Å². The summed E-state index contributed by atoms with van der Waals surface area (Å²) in [4.78, 5) is 17.3. The molecule has 0 aliphatic heterocycles. The summed E-state index contributed by atoms with van der Waals surface area (Å²) in [5.74, 6) is 0.362. The number of fused-ring (bicyclic) bond motifs is 1. The maximum absolute atomic E-state index is 13.5. The van der Waals surface area contributed by atoms with E-state index >= 15 is 0 Å². The number of nitrogens with zero attached hydrogens (tertiary/aromatic N) is 3. The Balaban J connectivity index is 1.98. The molecule has 2 aromatic carbocycles. The van der Waals surface area contributed by atoms with Gasteiger partial charge in [-0.3, -0.25) is 9.20 Å². The van der Waals surface area contributed by atoms with Crippen LogP contribution in [0.4, 0.5) is 0 Å². The van der Waals surface area contributed by atoms with Crippen LogP contribution < -0.4 is 10.3 Å². The minimum atomic E-state index is -4.24. The molecule has 0 bridgehead atoms. The number of aromatic nitrogens is 2. The van der Waals surface area contributed by atoms with Crippen molar-refractivity contribution in [1.29, 1.82) is 5.26 Å². The van der Waals surface area contributed by atoms with Gasteiger partial charge in [0.15, 0.2) is 0 Å². The first kappa shape index (κ1) is 24.2. The van der Waals surface area contributed by atoms with Gasteiger partial charge in [-0.15, -0.1) is 0 Å². The molecule has 0 fully saturated rings. The van der Waals surface area contributed by atoms with Crippen molar-refractivity contribution in [2.75, 3.05) is 0 Å². The van der Waals surface area contributed by atoms with E-state index in [0.717, 1.165) is 22.8 Å². The van der Waals surface area contributed by atoms with E-state index in [2.05, 4.69) is 4.98 Å². The molecular weight excluding hydrogens is 486 g/mol. The number of aryl methyl sites for hydroxylation is 2. The van der Waals surface area contributed by atoms with Gasteiger partial charge in [0.2, 0.25) is 15.7 Å². The number of benzene rings is 2. The normalized spacial score (nSPS) is 11.9. The van der Waals surface area contributed by atoms with Crippen molar-refractivity contribution >= 4 is 33.2 Å². The lowest BCUT2D eigenvalue weighted by Gasteiger charge is -2.14. The minimum absolute atomic E-state index is 0.0999. The molecule has 7 nitrogen and oxygen atoms in total. The Hall–Kier alpha value is -3.93. The first-order chi connectivity index (χ1) is 16.6. The van der Waals surface area contributed by atoms with Gasteiger partial charge in [-0.2, -0.15) is 10.2 Å². The summed E-state index contributed by atoms with van der Waals surface area (Å²) < 4.78 is 33.7. The molecule has 0 aliphatic carbocycles. The minimum Gasteiger partial charge on any atom is -0.438 e. The fourth-order valence-corrected chi connectivity index (χ4v) is 4.74. The molecule has 35 heavy (non-hydrogen) atoms. The third-order valence-corrected chi connectivity index (χ3v) is 7.54. The SMILES string of the molecule is Cc1cccc(Oc2nc3c(C)cccn3c(=O)c2C=C(C#N)S(=O)(=O)c2ccc(Cl)cc2)c1C. The first-order valence-electron chi connectivity index (χ1n) is 10.5. The van der Waals surface area contributed by atoms with Gasteiger partial charge >= 0.3 is 0 Å². The fourth-order valence-electron chi connectivity index (χ4n) is 3.47. The van der Waals surface area contributed by atoms with Gasteiger partial charge in [0.1, 0.15) is 27.9 Å². The maximum Gasteiger partial charge on any atom is 0.269 e. The number of ether oxygens (including phenoxy) is 1. The molecule has 2 aromatic heterocycles. The zero-order chi connectivity index (χ0) is 25.3. The summed E-state index contributed by atoms with van der Waals surface area (Å²) in [6.45, 7) is 5.58. The Morgan fingerprint density at radius 3 is 2.43 bits per heavy atom. The molecule has 0 amide bonds. The fraction of sp³-hybridized carbons (Fsp3) is 0.115. The van der Waals surface area contributed by atoms with Crippen molar-refractivity contribution in [3.63, 3.8) is 0 Å². The lowest BCUT2D eigenvalue weighted by atomic mass is 10.1. The summed E-state index contributed by atoms with van der Waals surface area (Å²) in [5, 5.41) is 10.1. The Bertz CT molecular complexity index is 1700. The second-order valence-electron chi connectivity index (χ2n) is 7.90. The van der Waals surface area contributed by atoms with Crippen LogP contribution in [0.5, 0.6) is 11.6 Å².